The van der Waals surface area contributed by atoms with Gasteiger partial charge in [-0.15, -0.1) is 0 Å². The largest absolute Gasteiger partial charge is 0.481 e. The molecule has 0 aromatic rings. The van der Waals surface area contributed by atoms with E-state index in [9.17, 15) is 20.1 Å². The lowest BCUT2D eigenvalue weighted by atomic mass is 9.89. The molecule has 1 rings (SSSR count). The molecule has 1 aliphatic rings. The Labute approximate surface area is 162 Å². The zero-order valence-electron chi connectivity index (χ0n) is 16.2. The molecule has 5 atom stereocenters. The Hall–Kier alpha value is -1.69. The van der Waals surface area contributed by atoms with Crippen molar-refractivity contribution in [1.29, 1.82) is 0 Å². The maximum atomic E-state index is 10.4. The van der Waals surface area contributed by atoms with Gasteiger partial charge in [-0.1, -0.05) is 55.5 Å². The first-order valence-corrected chi connectivity index (χ1v) is 9.85. The molecule has 0 aromatic heterocycles. The molecule has 1 saturated carbocycles. The lowest BCUT2D eigenvalue weighted by molar-refractivity contribution is -0.136. The summed E-state index contributed by atoms with van der Waals surface area (Å²) in [6, 6.07) is 0. The highest BCUT2D eigenvalue weighted by Gasteiger charge is 2.39. The summed E-state index contributed by atoms with van der Waals surface area (Å²) in [5.41, 5.74) is 0. The van der Waals surface area contributed by atoms with Crippen LogP contribution in [-0.2, 0) is 4.79 Å². The third-order valence-electron chi connectivity index (χ3n) is 4.79. The quantitative estimate of drug-likeness (QED) is 0.390. The van der Waals surface area contributed by atoms with Crippen molar-refractivity contribution in [3.8, 4) is 0 Å². The van der Waals surface area contributed by atoms with Gasteiger partial charge in [-0.3, -0.25) is 4.79 Å². The number of hydrogen-bond donors (Lipinski definition) is 4. The molecule has 0 amide bonds. The first kappa shape index (κ1) is 23.3. The molecule has 0 saturated heterocycles. The summed E-state index contributed by atoms with van der Waals surface area (Å²) >= 11 is 0. The molecule has 0 radical (unpaired) electrons. The van der Waals surface area contributed by atoms with Crippen molar-refractivity contribution in [3.05, 3.63) is 48.6 Å². The number of aliphatic carboxylic acids is 1. The molecule has 0 heterocycles. The van der Waals surface area contributed by atoms with E-state index >= 15 is 0 Å². The molecule has 0 aromatic carbocycles. The molecule has 27 heavy (non-hydrogen) atoms. The Morgan fingerprint density at radius 1 is 1.07 bits per heavy atom. The Morgan fingerprint density at radius 3 is 2.52 bits per heavy atom. The predicted molar refractivity (Wildman–Crippen MR) is 107 cm³/mol. The van der Waals surface area contributed by atoms with Gasteiger partial charge in [0.25, 0.3) is 0 Å². The topological polar surface area (TPSA) is 98.0 Å². The average molecular weight is 379 g/mol. The average Bonchev–Trinajstić information content (AvgIpc) is 2.88. The van der Waals surface area contributed by atoms with Crippen molar-refractivity contribution in [2.75, 3.05) is 0 Å². The molecule has 4 N–H and O–H groups in total. The number of carbonyl (C=O) groups is 1. The summed E-state index contributed by atoms with van der Waals surface area (Å²) in [5.74, 6) is -1.03. The summed E-state index contributed by atoms with van der Waals surface area (Å²) in [5, 5.41) is 39.0. The normalized spacial score (nSPS) is 27.6. The Kier molecular flexibility index (Phi) is 11.7. The fourth-order valence-corrected chi connectivity index (χ4v) is 3.29. The summed E-state index contributed by atoms with van der Waals surface area (Å²) in [6.07, 6.45) is 17.4. The van der Waals surface area contributed by atoms with Crippen LogP contribution in [0.25, 0.3) is 0 Å². The zero-order chi connectivity index (χ0) is 20.1. The van der Waals surface area contributed by atoms with Gasteiger partial charge in [-0.25, -0.2) is 0 Å². The van der Waals surface area contributed by atoms with Crippen molar-refractivity contribution >= 4 is 5.97 Å². The third kappa shape index (κ3) is 9.70. The molecule has 1 aliphatic carbocycles. The summed E-state index contributed by atoms with van der Waals surface area (Å²) in [6.45, 7) is 2.04. The minimum Gasteiger partial charge on any atom is -0.481 e. The van der Waals surface area contributed by atoms with E-state index in [-0.39, 0.29) is 18.3 Å². The van der Waals surface area contributed by atoms with Crippen molar-refractivity contribution in [1.82, 2.24) is 0 Å². The van der Waals surface area contributed by atoms with Crippen LogP contribution in [-0.4, -0.2) is 44.7 Å². The van der Waals surface area contributed by atoms with Gasteiger partial charge in [0.05, 0.1) is 18.3 Å². The molecule has 5 nitrogen and oxygen atoms in total. The van der Waals surface area contributed by atoms with Gasteiger partial charge in [-0.05, 0) is 38.0 Å². The highest BCUT2D eigenvalue weighted by molar-refractivity contribution is 5.66. The first-order valence-electron chi connectivity index (χ1n) is 9.85. The zero-order valence-corrected chi connectivity index (χ0v) is 16.2. The van der Waals surface area contributed by atoms with Gasteiger partial charge >= 0.3 is 5.97 Å². The molecule has 0 spiro atoms. The van der Waals surface area contributed by atoms with E-state index in [1.807, 2.05) is 49.5 Å². The highest BCUT2D eigenvalue weighted by atomic mass is 16.4. The third-order valence-corrected chi connectivity index (χ3v) is 4.79. The molecular weight excluding hydrogens is 344 g/mol. The number of aliphatic hydroxyl groups is 3. The minimum absolute atomic E-state index is 0.0677. The Morgan fingerprint density at radius 2 is 1.81 bits per heavy atom. The van der Waals surface area contributed by atoms with Gasteiger partial charge in [-0.2, -0.15) is 0 Å². The van der Waals surface area contributed by atoms with Crippen molar-refractivity contribution in [3.63, 3.8) is 0 Å². The van der Waals surface area contributed by atoms with Crippen LogP contribution < -0.4 is 0 Å². The van der Waals surface area contributed by atoms with Crippen molar-refractivity contribution in [2.24, 2.45) is 11.8 Å². The van der Waals surface area contributed by atoms with E-state index in [0.717, 1.165) is 6.42 Å². The SMILES string of the molecule is CC/C=C\C[C@@H](O)/C=C/[C@H]1[C@@H](C/C=C\C/C=C\CCC(=O)O)[C@H](O)C[C@@H]1O. The number of aliphatic hydroxyl groups excluding tert-OH is 3. The van der Waals surface area contributed by atoms with E-state index < -0.39 is 24.3 Å². The molecule has 0 unspecified atom stereocenters. The van der Waals surface area contributed by atoms with Gasteiger partial charge in [0, 0.05) is 18.8 Å². The van der Waals surface area contributed by atoms with Gasteiger partial charge in [0.1, 0.15) is 0 Å². The van der Waals surface area contributed by atoms with Gasteiger partial charge in [0.15, 0.2) is 0 Å². The van der Waals surface area contributed by atoms with Crippen LogP contribution in [0.4, 0.5) is 0 Å². The smallest absolute Gasteiger partial charge is 0.303 e. The van der Waals surface area contributed by atoms with Crippen LogP contribution in [0.2, 0.25) is 0 Å². The van der Waals surface area contributed by atoms with Crippen molar-refractivity contribution in [2.45, 2.75) is 70.2 Å². The van der Waals surface area contributed by atoms with E-state index in [4.69, 9.17) is 5.11 Å². The van der Waals surface area contributed by atoms with Gasteiger partial charge < -0.3 is 20.4 Å². The molecular formula is C22H34O5. The summed E-state index contributed by atoms with van der Waals surface area (Å²) in [4.78, 5) is 10.4. The molecule has 0 aliphatic heterocycles. The number of rotatable bonds is 12. The fourth-order valence-electron chi connectivity index (χ4n) is 3.29. The maximum absolute atomic E-state index is 10.4. The molecule has 152 valence electrons. The Balaban J connectivity index is 2.47. The number of carboxylic acid groups (broad SMARTS) is 1. The van der Waals surface area contributed by atoms with Crippen LogP contribution in [0.5, 0.6) is 0 Å². The van der Waals surface area contributed by atoms with Crippen LogP contribution in [0.1, 0.15) is 51.9 Å². The van der Waals surface area contributed by atoms with Gasteiger partial charge in [0.2, 0.25) is 0 Å². The first-order chi connectivity index (χ1) is 13.0. The van der Waals surface area contributed by atoms with E-state index in [0.29, 0.717) is 32.1 Å². The van der Waals surface area contributed by atoms with E-state index in [1.54, 1.807) is 6.08 Å². The second kappa shape index (κ2) is 13.5. The fraction of sp³-hybridized carbons (Fsp3) is 0.591. The Bertz CT molecular complexity index is 535. The monoisotopic (exact) mass is 378 g/mol. The second-order valence-corrected chi connectivity index (χ2v) is 7.03. The maximum Gasteiger partial charge on any atom is 0.303 e. The molecule has 0 bridgehead atoms. The summed E-state index contributed by atoms with van der Waals surface area (Å²) in [7, 11) is 0. The minimum atomic E-state index is -0.797. The van der Waals surface area contributed by atoms with E-state index in [1.165, 1.54) is 0 Å². The van der Waals surface area contributed by atoms with Crippen LogP contribution in [0, 0.1) is 11.8 Å². The van der Waals surface area contributed by atoms with Crippen LogP contribution in [0.15, 0.2) is 48.6 Å². The van der Waals surface area contributed by atoms with Crippen molar-refractivity contribution < 1.29 is 25.2 Å². The van der Waals surface area contributed by atoms with Crippen LogP contribution >= 0.6 is 0 Å². The second-order valence-electron chi connectivity index (χ2n) is 7.03. The molecule has 1 fully saturated rings. The summed E-state index contributed by atoms with van der Waals surface area (Å²) < 4.78 is 0. The van der Waals surface area contributed by atoms with E-state index in [2.05, 4.69) is 0 Å². The number of hydrogen-bond acceptors (Lipinski definition) is 4. The number of allylic oxidation sites excluding steroid dienone is 5. The molecule has 5 heteroatoms. The lowest BCUT2D eigenvalue weighted by Gasteiger charge is -2.19. The number of carboxylic acids is 1. The van der Waals surface area contributed by atoms with Crippen LogP contribution in [0.3, 0.4) is 0 Å². The standard InChI is InChI=1S/C22H34O5/c1-2-3-8-11-17(23)14-15-19-18(20(24)16-21(19)25)12-9-6-4-5-7-10-13-22(26)27/h3,5-9,14-15,17-21,23-25H,2,4,10-13,16H2,1H3,(H,26,27)/b7-5-,8-3-,9-6-,15-14+/t17-,18-,19+,20-,21+/m1/s1. The lowest BCUT2D eigenvalue weighted by Crippen LogP contribution is -2.20. The highest BCUT2D eigenvalue weighted by Crippen LogP contribution is 2.36. The predicted octanol–water partition coefficient (Wildman–Crippen LogP) is 3.38.